The van der Waals surface area contributed by atoms with Crippen molar-refractivity contribution in [2.75, 3.05) is 18.4 Å². The van der Waals surface area contributed by atoms with Crippen LogP contribution < -0.4 is 10.6 Å². The summed E-state index contributed by atoms with van der Waals surface area (Å²) in [6.07, 6.45) is 5.50. The van der Waals surface area contributed by atoms with E-state index in [1.54, 1.807) is 23.7 Å². The van der Waals surface area contributed by atoms with E-state index in [9.17, 15) is 9.18 Å². The molecule has 0 radical (unpaired) electrons. The molecule has 1 amide bonds. The fraction of sp³-hybridized carbons (Fsp3) is 0.304. The summed E-state index contributed by atoms with van der Waals surface area (Å²) in [6, 6.07) is 7.14. The summed E-state index contributed by atoms with van der Waals surface area (Å²) in [5.41, 5.74) is 3.56. The highest BCUT2D eigenvalue weighted by molar-refractivity contribution is 6.12. The number of aromatic nitrogens is 2. The van der Waals surface area contributed by atoms with Gasteiger partial charge in [-0.25, -0.2) is 9.37 Å². The van der Waals surface area contributed by atoms with E-state index in [4.69, 9.17) is 4.42 Å². The number of aryl methyl sites for hydroxylation is 2. The van der Waals surface area contributed by atoms with E-state index in [-0.39, 0.29) is 11.6 Å². The molecule has 0 bridgehead atoms. The predicted octanol–water partition coefficient (Wildman–Crippen LogP) is 4.56. The molecular weight excluding hydrogens is 383 g/mol. The molecule has 6 nitrogen and oxygen atoms in total. The average molecular weight is 406 g/mol. The fourth-order valence-electron chi connectivity index (χ4n) is 4.38. The Morgan fingerprint density at radius 1 is 1.23 bits per heavy atom. The number of nitrogens with zero attached hydrogens (tertiary/aromatic N) is 2. The van der Waals surface area contributed by atoms with Gasteiger partial charge < -0.3 is 19.5 Å². The number of pyridine rings is 1. The van der Waals surface area contributed by atoms with Crippen molar-refractivity contribution in [1.29, 1.82) is 0 Å². The van der Waals surface area contributed by atoms with E-state index in [1.165, 1.54) is 11.6 Å². The molecule has 4 aromatic rings. The van der Waals surface area contributed by atoms with Crippen LogP contribution in [0.4, 0.5) is 10.1 Å². The van der Waals surface area contributed by atoms with Crippen LogP contribution in [-0.2, 0) is 0 Å². The van der Waals surface area contributed by atoms with Crippen LogP contribution in [0.2, 0.25) is 0 Å². The van der Waals surface area contributed by atoms with Crippen LogP contribution in [0.25, 0.3) is 16.6 Å². The number of fused-ring (bicyclic) bond motifs is 2. The van der Waals surface area contributed by atoms with Crippen molar-refractivity contribution >= 4 is 28.2 Å². The van der Waals surface area contributed by atoms with Gasteiger partial charge in [-0.05, 0) is 63.4 Å². The first kappa shape index (κ1) is 18.8. The van der Waals surface area contributed by atoms with Gasteiger partial charge in [0.05, 0.1) is 16.9 Å². The smallest absolute Gasteiger partial charge is 0.259 e. The molecule has 0 spiro atoms. The molecule has 154 valence electrons. The molecule has 1 fully saturated rings. The molecule has 1 saturated heterocycles. The SMILES string of the molecule is Cc1cn2cc(NC(=O)c3ccc(C4CCNCC4)c4cc(C)oc34)cc(F)c2n1. The number of benzene rings is 1. The Bertz CT molecular complexity index is 1270. The minimum atomic E-state index is -0.485. The summed E-state index contributed by atoms with van der Waals surface area (Å²) in [5, 5.41) is 7.18. The Morgan fingerprint density at radius 2 is 2.03 bits per heavy atom. The molecule has 7 heteroatoms. The number of furan rings is 1. The second kappa shape index (κ2) is 7.25. The first-order valence-electron chi connectivity index (χ1n) is 10.2. The van der Waals surface area contributed by atoms with E-state index in [2.05, 4.69) is 15.6 Å². The van der Waals surface area contributed by atoms with Crippen LogP contribution in [0.15, 0.2) is 41.1 Å². The van der Waals surface area contributed by atoms with E-state index in [1.807, 2.05) is 25.1 Å². The number of piperidine rings is 1. The molecule has 1 aliphatic rings. The van der Waals surface area contributed by atoms with Gasteiger partial charge in [0.25, 0.3) is 5.91 Å². The normalized spacial score (nSPS) is 15.2. The van der Waals surface area contributed by atoms with Crippen molar-refractivity contribution in [2.45, 2.75) is 32.6 Å². The van der Waals surface area contributed by atoms with Crippen molar-refractivity contribution < 1.29 is 13.6 Å². The van der Waals surface area contributed by atoms with Gasteiger partial charge in [-0.1, -0.05) is 6.07 Å². The zero-order valence-corrected chi connectivity index (χ0v) is 17.0. The van der Waals surface area contributed by atoms with Gasteiger partial charge in [-0.3, -0.25) is 4.79 Å². The number of rotatable bonds is 3. The average Bonchev–Trinajstić information content (AvgIpc) is 3.29. The molecule has 0 aliphatic carbocycles. The number of carbonyl (C=O) groups is 1. The molecule has 1 aliphatic heterocycles. The molecule has 0 saturated carbocycles. The largest absolute Gasteiger partial charge is 0.461 e. The minimum Gasteiger partial charge on any atom is -0.461 e. The molecule has 1 aromatic carbocycles. The molecule has 2 N–H and O–H groups in total. The number of anilines is 1. The van der Waals surface area contributed by atoms with E-state index in [0.717, 1.165) is 37.1 Å². The quantitative estimate of drug-likeness (QED) is 0.523. The summed E-state index contributed by atoms with van der Waals surface area (Å²) in [6.45, 7) is 5.67. The summed E-state index contributed by atoms with van der Waals surface area (Å²) in [7, 11) is 0. The first-order chi connectivity index (χ1) is 14.5. The van der Waals surface area contributed by atoms with E-state index < -0.39 is 5.82 Å². The molecular formula is C23H23FN4O2. The molecule has 4 heterocycles. The standard InChI is InChI=1S/C23H23FN4O2/c1-13-11-28-12-16(10-20(24)22(28)26-13)27-23(29)18-4-3-17(15-5-7-25-8-6-15)19-9-14(2)30-21(18)19/h3-4,9-12,15,25H,5-8H2,1-2H3,(H,27,29). The highest BCUT2D eigenvalue weighted by Crippen LogP contribution is 2.35. The molecule has 0 unspecified atom stereocenters. The van der Waals surface area contributed by atoms with E-state index in [0.29, 0.717) is 28.4 Å². The number of halogens is 1. The van der Waals surface area contributed by atoms with Gasteiger partial charge in [-0.2, -0.15) is 0 Å². The van der Waals surface area contributed by atoms with Crippen molar-refractivity contribution in [2.24, 2.45) is 0 Å². The van der Waals surface area contributed by atoms with E-state index >= 15 is 0 Å². The second-order valence-electron chi connectivity index (χ2n) is 7.97. The summed E-state index contributed by atoms with van der Waals surface area (Å²) in [4.78, 5) is 17.2. The Balaban J connectivity index is 1.51. The highest BCUT2D eigenvalue weighted by atomic mass is 19.1. The zero-order valence-electron chi connectivity index (χ0n) is 17.0. The Labute approximate surface area is 173 Å². The number of imidazole rings is 1. The second-order valence-corrected chi connectivity index (χ2v) is 7.97. The lowest BCUT2D eigenvalue weighted by Gasteiger charge is -2.23. The van der Waals surface area contributed by atoms with Crippen LogP contribution in [0.3, 0.4) is 0 Å². The van der Waals surface area contributed by atoms with Gasteiger partial charge in [0.15, 0.2) is 11.5 Å². The summed E-state index contributed by atoms with van der Waals surface area (Å²) in [5.74, 6) is 0.397. The Kier molecular flexibility index (Phi) is 4.55. The molecule has 0 atom stereocenters. The lowest BCUT2D eigenvalue weighted by molar-refractivity contribution is 0.102. The maximum atomic E-state index is 14.4. The number of hydrogen-bond acceptors (Lipinski definition) is 4. The van der Waals surface area contributed by atoms with Crippen molar-refractivity contribution in [3.05, 3.63) is 65.1 Å². The third-order valence-corrected chi connectivity index (χ3v) is 5.75. The molecule has 3 aromatic heterocycles. The fourth-order valence-corrected chi connectivity index (χ4v) is 4.38. The zero-order chi connectivity index (χ0) is 20.8. The van der Waals surface area contributed by atoms with Gasteiger partial charge in [0.1, 0.15) is 11.3 Å². The van der Waals surface area contributed by atoms with Crippen LogP contribution in [0.1, 0.15) is 46.1 Å². The molecule has 5 rings (SSSR count). The predicted molar refractivity (Wildman–Crippen MR) is 114 cm³/mol. The monoisotopic (exact) mass is 406 g/mol. The third-order valence-electron chi connectivity index (χ3n) is 5.75. The minimum absolute atomic E-state index is 0.237. The van der Waals surface area contributed by atoms with Crippen LogP contribution >= 0.6 is 0 Å². The van der Waals surface area contributed by atoms with Gasteiger partial charge in [0.2, 0.25) is 0 Å². The topological polar surface area (TPSA) is 71.6 Å². The lowest BCUT2D eigenvalue weighted by Crippen LogP contribution is -2.26. The molecule has 30 heavy (non-hydrogen) atoms. The highest BCUT2D eigenvalue weighted by Gasteiger charge is 2.23. The van der Waals surface area contributed by atoms with Crippen LogP contribution in [0, 0.1) is 19.7 Å². The first-order valence-corrected chi connectivity index (χ1v) is 10.2. The van der Waals surface area contributed by atoms with Crippen LogP contribution in [-0.4, -0.2) is 28.4 Å². The Morgan fingerprint density at radius 3 is 2.83 bits per heavy atom. The number of hydrogen-bond donors (Lipinski definition) is 2. The van der Waals surface area contributed by atoms with Gasteiger partial charge >= 0.3 is 0 Å². The van der Waals surface area contributed by atoms with Gasteiger partial charge in [0, 0.05) is 23.8 Å². The van der Waals surface area contributed by atoms with Gasteiger partial charge in [-0.15, -0.1) is 0 Å². The Hall–Kier alpha value is -3.19. The summed E-state index contributed by atoms with van der Waals surface area (Å²) < 4.78 is 21.9. The van der Waals surface area contributed by atoms with Crippen LogP contribution in [0.5, 0.6) is 0 Å². The van der Waals surface area contributed by atoms with Crippen molar-refractivity contribution in [3.8, 4) is 0 Å². The number of amides is 1. The van der Waals surface area contributed by atoms with Crippen molar-refractivity contribution in [3.63, 3.8) is 0 Å². The lowest BCUT2D eigenvalue weighted by atomic mass is 9.87. The third kappa shape index (κ3) is 3.25. The number of carbonyl (C=O) groups excluding carboxylic acids is 1. The summed E-state index contributed by atoms with van der Waals surface area (Å²) >= 11 is 0. The maximum Gasteiger partial charge on any atom is 0.259 e. The number of nitrogens with one attached hydrogen (secondary N) is 2. The van der Waals surface area contributed by atoms with Crippen molar-refractivity contribution in [1.82, 2.24) is 14.7 Å². The maximum absolute atomic E-state index is 14.4.